The van der Waals surface area contributed by atoms with Crippen LogP contribution in [0.15, 0.2) is 24.3 Å². The number of rotatable bonds is 7. The van der Waals surface area contributed by atoms with Gasteiger partial charge in [-0.2, -0.15) is 0 Å². The van der Waals surface area contributed by atoms with E-state index in [1.54, 1.807) is 25.1 Å². The summed E-state index contributed by atoms with van der Waals surface area (Å²) in [5.41, 5.74) is 0.595. The van der Waals surface area contributed by atoms with Crippen molar-refractivity contribution in [2.75, 3.05) is 17.7 Å². The van der Waals surface area contributed by atoms with Gasteiger partial charge in [0.2, 0.25) is 5.91 Å². The van der Waals surface area contributed by atoms with Crippen LogP contribution in [0.5, 0.6) is 5.75 Å². The van der Waals surface area contributed by atoms with Crippen molar-refractivity contribution in [2.45, 2.75) is 19.1 Å². The third-order valence-electron chi connectivity index (χ3n) is 2.27. The fourth-order valence-corrected chi connectivity index (χ4v) is 1.93. The molecule has 1 aromatic carbocycles. The van der Waals surface area contributed by atoms with Gasteiger partial charge in [-0.15, -0.1) is 11.8 Å². The third kappa shape index (κ3) is 5.21. The first kappa shape index (κ1) is 15.4. The fraction of sp³-hybridized carbons (Fsp3) is 0.385. The zero-order valence-corrected chi connectivity index (χ0v) is 11.7. The Balaban J connectivity index is 2.55. The number of aliphatic carboxylic acids is 1. The minimum absolute atomic E-state index is 0.0912. The fourth-order valence-electron chi connectivity index (χ4n) is 1.31. The molecule has 0 bridgehead atoms. The molecular weight excluding hydrogens is 266 g/mol. The topological polar surface area (TPSA) is 75.6 Å². The standard InChI is InChI=1S/C13H17NO4S/c1-3-18-11-7-5-4-6-10(11)14-12(15)8-19-9(2)13(16)17/h4-7,9H,3,8H2,1-2H3,(H,14,15)(H,16,17). The Hall–Kier alpha value is -1.69. The Morgan fingerprint density at radius 1 is 1.42 bits per heavy atom. The van der Waals surface area contributed by atoms with Crippen molar-refractivity contribution in [1.29, 1.82) is 0 Å². The van der Waals surface area contributed by atoms with Crippen molar-refractivity contribution in [1.82, 2.24) is 0 Å². The number of nitrogens with one attached hydrogen (secondary N) is 1. The number of amides is 1. The van der Waals surface area contributed by atoms with Crippen molar-refractivity contribution in [3.8, 4) is 5.75 Å². The molecule has 0 aliphatic carbocycles. The predicted molar refractivity (Wildman–Crippen MR) is 75.8 cm³/mol. The van der Waals surface area contributed by atoms with Gasteiger partial charge in [-0.05, 0) is 26.0 Å². The van der Waals surface area contributed by atoms with Crippen molar-refractivity contribution in [3.63, 3.8) is 0 Å². The van der Waals surface area contributed by atoms with Crippen LogP contribution in [0.2, 0.25) is 0 Å². The van der Waals surface area contributed by atoms with E-state index in [9.17, 15) is 9.59 Å². The van der Waals surface area contributed by atoms with Crippen LogP contribution < -0.4 is 10.1 Å². The number of ether oxygens (including phenoxy) is 1. The van der Waals surface area contributed by atoms with E-state index in [4.69, 9.17) is 9.84 Å². The van der Waals surface area contributed by atoms with Crippen molar-refractivity contribution in [3.05, 3.63) is 24.3 Å². The zero-order chi connectivity index (χ0) is 14.3. The highest BCUT2D eigenvalue weighted by Crippen LogP contribution is 2.24. The van der Waals surface area contributed by atoms with Crippen LogP contribution in [0.25, 0.3) is 0 Å². The van der Waals surface area contributed by atoms with E-state index in [1.165, 1.54) is 0 Å². The number of carbonyl (C=O) groups is 2. The average Bonchev–Trinajstić information content (AvgIpc) is 2.38. The Bertz CT molecular complexity index is 450. The number of hydrogen-bond donors (Lipinski definition) is 2. The molecule has 19 heavy (non-hydrogen) atoms. The van der Waals surface area contributed by atoms with E-state index in [0.717, 1.165) is 11.8 Å². The van der Waals surface area contributed by atoms with Gasteiger partial charge in [0.05, 0.1) is 23.3 Å². The van der Waals surface area contributed by atoms with Gasteiger partial charge < -0.3 is 15.2 Å². The summed E-state index contributed by atoms with van der Waals surface area (Å²) in [6.07, 6.45) is 0. The van der Waals surface area contributed by atoms with E-state index in [2.05, 4.69) is 5.32 Å². The van der Waals surface area contributed by atoms with Gasteiger partial charge in [-0.25, -0.2) is 0 Å². The summed E-state index contributed by atoms with van der Waals surface area (Å²) in [4.78, 5) is 22.4. The molecule has 5 nitrogen and oxygen atoms in total. The van der Waals surface area contributed by atoms with Crippen molar-refractivity contribution < 1.29 is 19.4 Å². The molecule has 6 heteroatoms. The van der Waals surface area contributed by atoms with Crippen LogP contribution in [0.1, 0.15) is 13.8 Å². The molecular formula is C13H17NO4S. The van der Waals surface area contributed by atoms with E-state index in [0.29, 0.717) is 18.0 Å². The normalized spacial score (nSPS) is 11.7. The molecule has 0 saturated carbocycles. The van der Waals surface area contributed by atoms with E-state index >= 15 is 0 Å². The summed E-state index contributed by atoms with van der Waals surface area (Å²) in [6, 6.07) is 7.13. The first-order chi connectivity index (χ1) is 9.04. The SMILES string of the molecule is CCOc1ccccc1NC(=O)CSC(C)C(=O)O. The summed E-state index contributed by atoms with van der Waals surface area (Å²) in [5.74, 6) is -0.471. The van der Waals surface area contributed by atoms with Crippen LogP contribution in [-0.4, -0.2) is 34.6 Å². The summed E-state index contributed by atoms with van der Waals surface area (Å²) in [7, 11) is 0. The molecule has 1 amide bonds. The maximum atomic E-state index is 11.7. The molecule has 0 aliphatic rings. The highest BCUT2D eigenvalue weighted by Gasteiger charge is 2.14. The summed E-state index contributed by atoms with van der Waals surface area (Å²) in [6.45, 7) is 3.93. The third-order valence-corrected chi connectivity index (χ3v) is 3.40. The molecule has 0 aromatic heterocycles. The van der Waals surface area contributed by atoms with Gasteiger partial charge in [0.25, 0.3) is 0 Å². The Morgan fingerprint density at radius 2 is 2.11 bits per heavy atom. The van der Waals surface area contributed by atoms with Gasteiger partial charge in [-0.1, -0.05) is 12.1 Å². The Labute approximate surface area is 116 Å². The van der Waals surface area contributed by atoms with Crippen LogP contribution in [0, 0.1) is 0 Å². The number of carbonyl (C=O) groups excluding carboxylic acids is 1. The smallest absolute Gasteiger partial charge is 0.316 e. The van der Waals surface area contributed by atoms with Crippen LogP contribution in [0.4, 0.5) is 5.69 Å². The van der Waals surface area contributed by atoms with E-state index in [-0.39, 0.29) is 11.7 Å². The van der Waals surface area contributed by atoms with Crippen molar-refractivity contribution in [2.24, 2.45) is 0 Å². The predicted octanol–water partition coefficient (Wildman–Crippen LogP) is 2.23. The van der Waals surface area contributed by atoms with Gasteiger partial charge in [0.1, 0.15) is 5.75 Å². The lowest BCUT2D eigenvalue weighted by molar-refractivity contribution is -0.136. The molecule has 0 heterocycles. The van der Waals surface area contributed by atoms with Gasteiger partial charge in [-0.3, -0.25) is 9.59 Å². The minimum atomic E-state index is -0.924. The molecule has 1 atom stereocenters. The highest BCUT2D eigenvalue weighted by atomic mass is 32.2. The first-order valence-electron chi connectivity index (χ1n) is 5.90. The molecule has 1 rings (SSSR count). The molecule has 0 saturated heterocycles. The molecule has 0 fully saturated rings. The molecule has 0 radical (unpaired) electrons. The molecule has 0 spiro atoms. The second kappa shape index (κ2) is 7.68. The van der Waals surface area contributed by atoms with Gasteiger partial charge in [0.15, 0.2) is 0 Å². The van der Waals surface area contributed by atoms with Gasteiger partial charge in [0, 0.05) is 0 Å². The van der Waals surface area contributed by atoms with Crippen LogP contribution >= 0.6 is 11.8 Å². The largest absolute Gasteiger partial charge is 0.492 e. The van der Waals surface area contributed by atoms with E-state index < -0.39 is 11.2 Å². The highest BCUT2D eigenvalue weighted by molar-refractivity contribution is 8.01. The number of thioether (sulfide) groups is 1. The number of anilines is 1. The second-order valence-corrected chi connectivity index (χ2v) is 5.10. The number of benzene rings is 1. The lowest BCUT2D eigenvalue weighted by Crippen LogP contribution is -2.19. The molecule has 0 aliphatic heterocycles. The van der Waals surface area contributed by atoms with E-state index in [1.807, 2.05) is 13.0 Å². The quantitative estimate of drug-likeness (QED) is 0.802. The first-order valence-corrected chi connectivity index (χ1v) is 6.95. The minimum Gasteiger partial charge on any atom is -0.492 e. The number of para-hydroxylation sites is 2. The Kier molecular flexibility index (Phi) is 6.21. The number of carboxylic acids is 1. The van der Waals surface area contributed by atoms with Crippen molar-refractivity contribution >= 4 is 29.3 Å². The van der Waals surface area contributed by atoms with Gasteiger partial charge >= 0.3 is 5.97 Å². The maximum Gasteiger partial charge on any atom is 0.316 e. The molecule has 1 aromatic rings. The Morgan fingerprint density at radius 3 is 2.74 bits per heavy atom. The monoisotopic (exact) mass is 283 g/mol. The van der Waals surface area contributed by atoms with Crippen LogP contribution in [-0.2, 0) is 9.59 Å². The lowest BCUT2D eigenvalue weighted by atomic mass is 10.3. The summed E-state index contributed by atoms with van der Waals surface area (Å²) < 4.78 is 5.39. The number of hydrogen-bond acceptors (Lipinski definition) is 4. The summed E-state index contributed by atoms with van der Waals surface area (Å²) in [5, 5.41) is 10.8. The second-order valence-electron chi connectivity index (χ2n) is 3.77. The average molecular weight is 283 g/mol. The number of carboxylic acid groups (broad SMARTS) is 1. The lowest BCUT2D eigenvalue weighted by Gasteiger charge is -2.11. The van der Waals surface area contributed by atoms with Crippen LogP contribution in [0.3, 0.4) is 0 Å². The zero-order valence-electron chi connectivity index (χ0n) is 10.9. The molecule has 1 unspecified atom stereocenters. The summed E-state index contributed by atoms with van der Waals surface area (Å²) >= 11 is 1.08. The molecule has 104 valence electrons. The molecule has 2 N–H and O–H groups in total. The maximum absolute atomic E-state index is 11.7.